The van der Waals surface area contributed by atoms with Crippen molar-refractivity contribution in [2.24, 2.45) is 0 Å². The number of hydrogen-bond acceptors (Lipinski definition) is 5. The fourth-order valence-corrected chi connectivity index (χ4v) is 1.24. The van der Waals surface area contributed by atoms with Crippen molar-refractivity contribution < 1.29 is 9.90 Å². The lowest BCUT2D eigenvalue weighted by Gasteiger charge is -1.88. The Morgan fingerprint density at radius 2 is 1.94 bits per heavy atom. The normalized spacial score (nSPS) is 9.56. The van der Waals surface area contributed by atoms with Crippen LogP contribution in [0.3, 0.4) is 0 Å². The number of aromatic nitrogens is 4. The van der Waals surface area contributed by atoms with E-state index in [4.69, 9.17) is 5.11 Å². The maximum Gasteiger partial charge on any atom is 0.180 e. The molecular weight excluding hydrogens is 232 g/mol. The molecule has 0 spiro atoms. The molecule has 0 fully saturated rings. The van der Waals surface area contributed by atoms with Crippen LogP contribution >= 0.6 is 0 Å². The molecule has 2 heterocycles. The average Bonchev–Trinajstić information content (AvgIpc) is 2.89. The number of benzene rings is 1. The van der Waals surface area contributed by atoms with Crippen LogP contribution in [0.1, 0.15) is 10.4 Å². The standard InChI is InChI=1S/C7H6O2.C5H4N4/c8-5-6-1-3-7(9)4-2-6;1-4-5(8-2-6-1)9-3-7-4/h1-5,9H;1-3H,(H,6,7,8,9). The number of nitrogens with one attached hydrogen (secondary N) is 1. The van der Waals surface area contributed by atoms with Crippen molar-refractivity contribution in [1.29, 1.82) is 0 Å². The first-order valence-electron chi connectivity index (χ1n) is 5.13. The minimum absolute atomic E-state index is 0.181. The van der Waals surface area contributed by atoms with Crippen molar-refractivity contribution in [2.75, 3.05) is 0 Å². The number of carbonyl (C=O) groups excluding carboxylic acids is 1. The van der Waals surface area contributed by atoms with Gasteiger partial charge in [-0.25, -0.2) is 15.0 Å². The molecule has 3 aromatic rings. The number of fused-ring (bicyclic) bond motifs is 1. The third kappa shape index (κ3) is 2.88. The first kappa shape index (κ1) is 11.7. The van der Waals surface area contributed by atoms with Crippen LogP contribution in [-0.4, -0.2) is 31.3 Å². The van der Waals surface area contributed by atoms with E-state index in [1.54, 1.807) is 24.7 Å². The SMILES string of the molecule is O=Cc1ccc(O)cc1.c1ncc2[nH]cnc2n1. The number of H-pyrrole nitrogens is 1. The molecule has 0 aliphatic rings. The van der Waals surface area contributed by atoms with Gasteiger partial charge in [0.2, 0.25) is 0 Å². The van der Waals surface area contributed by atoms with Crippen molar-refractivity contribution in [3.05, 3.63) is 48.7 Å². The Bertz CT molecular complexity index is 604. The lowest BCUT2D eigenvalue weighted by Crippen LogP contribution is -1.76. The van der Waals surface area contributed by atoms with Gasteiger partial charge in [-0.1, -0.05) is 0 Å². The highest BCUT2D eigenvalue weighted by Crippen LogP contribution is 2.07. The summed E-state index contributed by atoms with van der Waals surface area (Å²) >= 11 is 0. The van der Waals surface area contributed by atoms with Gasteiger partial charge in [-0.05, 0) is 24.3 Å². The van der Waals surface area contributed by atoms with Crippen molar-refractivity contribution in [2.45, 2.75) is 0 Å². The van der Waals surface area contributed by atoms with Crippen molar-refractivity contribution >= 4 is 17.5 Å². The Morgan fingerprint density at radius 3 is 2.61 bits per heavy atom. The van der Waals surface area contributed by atoms with Crippen LogP contribution in [0.25, 0.3) is 11.2 Å². The van der Waals surface area contributed by atoms with E-state index in [0.29, 0.717) is 11.2 Å². The van der Waals surface area contributed by atoms with Gasteiger partial charge in [0.25, 0.3) is 0 Å². The molecule has 0 bridgehead atoms. The minimum Gasteiger partial charge on any atom is -0.508 e. The largest absolute Gasteiger partial charge is 0.508 e. The number of carbonyl (C=O) groups is 1. The molecule has 0 saturated heterocycles. The second-order valence-electron chi connectivity index (χ2n) is 3.37. The topological polar surface area (TPSA) is 91.8 Å². The lowest BCUT2D eigenvalue weighted by molar-refractivity contribution is 0.112. The predicted octanol–water partition coefficient (Wildman–Crippen LogP) is 1.56. The number of aromatic amines is 1. The molecule has 3 rings (SSSR count). The van der Waals surface area contributed by atoms with E-state index in [9.17, 15) is 4.79 Å². The molecule has 0 saturated carbocycles. The Hall–Kier alpha value is -2.76. The zero-order chi connectivity index (χ0) is 12.8. The average molecular weight is 242 g/mol. The van der Waals surface area contributed by atoms with E-state index in [1.165, 1.54) is 18.5 Å². The molecular formula is C12H10N4O2. The van der Waals surface area contributed by atoms with Gasteiger partial charge < -0.3 is 10.1 Å². The second-order valence-corrected chi connectivity index (χ2v) is 3.37. The molecule has 2 N–H and O–H groups in total. The fourth-order valence-electron chi connectivity index (χ4n) is 1.24. The van der Waals surface area contributed by atoms with Crippen LogP contribution in [0.5, 0.6) is 5.75 Å². The Balaban J connectivity index is 0.000000134. The van der Waals surface area contributed by atoms with Crippen LogP contribution in [0.15, 0.2) is 43.1 Å². The molecule has 0 unspecified atom stereocenters. The van der Waals surface area contributed by atoms with Crippen LogP contribution in [0, 0.1) is 0 Å². The van der Waals surface area contributed by atoms with E-state index in [2.05, 4.69) is 19.9 Å². The van der Waals surface area contributed by atoms with E-state index >= 15 is 0 Å². The minimum atomic E-state index is 0.181. The molecule has 6 nitrogen and oxygen atoms in total. The first-order chi connectivity index (χ1) is 8.79. The summed E-state index contributed by atoms with van der Waals surface area (Å²) in [6.45, 7) is 0. The number of phenols is 1. The van der Waals surface area contributed by atoms with E-state index in [-0.39, 0.29) is 5.75 Å². The molecule has 18 heavy (non-hydrogen) atoms. The number of aldehydes is 1. The zero-order valence-electron chi connectivity index (χ0n) is 9.32. The molecule has 0 aliphatic heterocycles. The maximum absolute atomic E-state index is 10.0. The maximum atomic E-state index is 10.0. The van der Waals surface area contributed by atoms with Gasteiger partial charge in [0, 0.05) is 5.56 Å². The number of aromatic hydroxyl groups is 1. The third-order valence-electron chi connectivity index (χ3n) is 2.13. The van der Waals surface area contributed by atoms with E-state index < -0.39 is 0 Å². The van der Waals surface area contributed by atoms with E-state index in [1.807, 2.05) is 0 Å². The molecule has 6 heteroatoms. The highest BCUT2D eigenvalue weighted by molar-refractivity contribution is 5.74. The quantitative estimate of drug-likeness (QED) is 0.632. The number of hydrogen-bond donors (Lipinski definition) is 2. The number of imidazole rings is 1. The Morgan fingerprint density at radius 1 is 1.17 bits per heavy atom. The highest BCUT2D eigenvalue weighted by Gasteiger charge is 1.91. The van der Waals surface area contributed by atoms with Crippen molar-refractivity contribution in [3.63, 3.8) is 0 Å². The summed E-state index contributed by atoms with van der Waals surface area (Å²) in [4.78, 5) is 24.5. The van der Waals surface area contributed by atoms with Gasteiger partial charge in [-0.2, -0.15) is 0 Å². The second kappa shape index (κ2) is 5.53. The molecule has 0 aliphatic carbocycles. The van der Waals surface area contributed by atoms with Gasteiger partial charge in [0.05, 0.1) is 12.5 Å². The summed E-state index contributed by atoms with van der Waals surface area (Å²) in [5.41, 5.74) is 2.16. The summed E-state index contributed by atoms with van der Waals surface area (Å²) < 4.78 is 0. The van der Waals surface area contributed by atoms with Crippen molar-refractivity contribution in [3.8, 4) is 5.75 Å². The fraction of sp³-hybridized carbons (Fsp3) is 0. The highest BCUT2D eigenvalue weighted by atomic mass is 16.3. The molecule has 0 radical (unpaired) electrons. The zero-order valence-corrected chi connectivity index (χ0v) is 9.32. The lowest BCUT2D eigenvalue weighted by atomic mass is 10.2. The summed E-state index contributed by atoms with van der Waals surface area (Å²) in [7, 11) is 0. The third-order valence-corrected chi connectivity index (χ3v) is 2.13. The van der Waals surface area contributed by atoms with Gasteiger partial charge in [-0.3, -0.25) is 4.79 Å². The smallest absolute Gasteiger partial charge is 0.180 e. The first-order valence-corrected chi connectivity index (χ1v) is 5.13. The predicted molar refractivity (Wildman–Crippen MR) is 65.2 cm³/mol. The number of phenolic OH excluding ortho intramolecular Hbond substituents is 1. The molecule has 90 valence electrons. The van der Waals surface area contributed by atoms with Gasteiger partial charge in [0.1, 0.15) is 23.9 Å². The number of nitrogens with zero attached hydrogens (tertiary/aromatic N) is 3. The van der Waals surface area contributed by atoms with Gasteiger partial charge in [0.15, 0.2) is 5.65 Å². The molecule has 0 amide bonds. The van der Waals surface area contributed by atoms with Gasteiger partial charge >= 0.3 is 0 Å². The van der Waals surface area contributed by atoms with Crippen LogP contribution in [-0.2, 0) is 0 Å². The summed E-state index contributed by atoms with van der Waals surface area (Å²) in [5.74, 6) is 0.181. The summed E-state index contributed by atoms with van der Waals surface area (Å²) in [5, 5.41) is 8.74. The molecule has 0 atom stereocenters. The van der Waals surface area contributed by atoms with Crippen LogP contribution in [0.4, 0.5) is 0 Å². The van der Waals surface area contributed by atoms with Crippen molar-refractivity contribution in [1.82, 2.24) is 19.9 Å². The number of rotatable bonds is 1. The summed E-state index contributed by atoms with van der Waals surface area (Å²) in [6.07, 6.45) is 5.50. The molecule has 2 aromatic heterocycles. The monoisotopic (exact) mass is 242 g/mol. The van der Waals surface area contributed by atoms with Crippen LogP contribution in [0.2, 0.25) is 0 Å². The Labute approximate surface area is 102 Å². The van der Waals surface area contributed by atoms with Gasteiger partial charge in [-0.15, -0.1) is 0 Å². The van der Waals surface area contributed by atoms with Crippen LogP contribution < -0.4 is 0 Å². The Kier molecular flexibility index (Phi) is 3.60. The van der Waals surface area contributed by atoms with E-state index in [0.717, 1.165) is 11.8 Å². The molecule has 1 aromatic carbocycles. The summed E-state index contributed by atoms with van der Waals surface area (Å²) in [6, 6.07) is 6.07.